The van der Waals surface area contributed by atoms with Gasteiger partial charge in [0.15, 0.2) is 0 Å². The highest BCUT2D eigenvalue weighted by atomic mass is 79.9. The number of benzene rings is 1. The fourth-order valence-electron chi connectivity index (χ4n) is 3.18. The lowest BCUT2D eigenvalue weighted by molar-refractivity contribution is -0.141. The highest BCUT2D eigenvalue weighted by molar-refractivity contribution is 9.10. The molecule has 132 valence electrons. The van der Waals surface area contributed by atoms with Gasteiger partial charge in [0.2, 0.25) is 11.8 Å². The molecular weight excluding hydrogens is 388 g/mol. The summed E-state index contributed by atoms with van der Waals surface area (Å²) < 4.78 is 2.22. The fraction of sp³-hybridized carbons (Fsp3) is 0.412. The van der Waals surface area contributed by atoms with Crippen LogP contribution < -0.4 is 11.3 Å². The Balaban J connectivity index is 1.76. The van der Waals surface area contributed by atoms with Crippen LogP contribution in [0.1, 0.15) is 25.7 Å². The van der Waals surface area contributed by atoms with Crippen molar-refractivity contribution in [1.82, 2.24) is 14.5 Å². The van der Waals surface area contributed by atoms with Gasteiger partial charge in [-0.2, -0.15) is 0 Å². The molecule has 2 amide bonds. The summed E-state index contributed by atoms with van der Waals surface area (Å²) in [6, 6.07) is 4.77. The maximum Gasteiger partial charge on any atom is 0.261 e. The molecular formula is C17H19BrN4O3. The Labute approximate surface area is 152 Å². The van der Waals surface area contributed by atoms with Crippen LogP contribution >= 0.6 is 15.9 Å². The second kappa shape index (κ2) is 7.35. The molecule has 2 N–H and O–H groups in total. The van der Waals surface area contributed by atoms with Crippen LogP contribution in [-0.2, 0) is 16.1 Å². The molecule has 1 atom stereocenters. The first-order valence-electron chi connectivity index (χ1n) is 8.21. The number of piperidine rings is 1. The van der Waals surface area contributed by atoms with Crippen LogP contribution in [0.3, 0.4) is 0 Å². The van der Waals surface area contributed by atoms with E-state index in [1.807, 2.05) is 6.07 Å². The Hall–Kier alpha value is -2.22. The summed E-state index contributed by atoms with van der Waals surface area (Å²) in [5.41, 5.74) is 5.82. The van der Waals surface area contributed by atoms with Gasteiger partial charge in [-0.05, 0) is 37.5 Å². The summed E-state index contributed by atoms with van der Waals surface area (Å²) in [6.45, 7) is 0.749. The van der Waals surface area contributed by atoms with Gasteiger partial charge in [-0.1, -0.05) is 15.9 Å². The van der Waals surface area contributed by atoms with E-state index in [2.05, 4.69) is 20.9 Å². The first-order valence-corrected chi connectivity index (χ1v) is 9.00. The summed E-state index contributed by atoms with van der Waals surface area (Å²) in [7, 11) is 0. The Morgan fingerprint density at radius 2 is 2.12 bits per heavy atom. The number of rotatable bonds is 4. The van der Waals surface area contributed by atoms with Gasteiger partial charge in [0.25, 0.3) is 5.56 Å². The topological polar surface area (TPSA) is 98.3 Å². The minimum atomic E-state index is -0.538. The average molecular weight is 407 g/mol. The number of hydrogen-bond acceptors (Lipinski definition) is 4. The molecule has 1 aromatic heterocycles. The molecule has 3 rings (SSSR count). The number of likely N-dealkylation sites (tertiary alicyclic amines) is 1. The van der Waals surface area contributed by atoms with E-state index in [4.69, 9.17) is 5.73 Å². The van der Waals surface area contributed by atoms with Crippen molar-refractivity contribution in [3.05, 3.63) is 39.4 Å². The number of carbonyl (C=O) groups excluding carboxylic acids is 2. The lowest BCUT2D eigenvalue weighted by Gasteiger charge is -2.33. The zero-order valence-electron chi connectivity index (χ0n) is 13.7. The molecule has 1 fully saturated rings. The van der Waals surface area contributed by atoms with Gasteiger partial charge in [-0.25, -0.2) is 4.98 Å². The van der Waals surface area contributed by atoms with E-state index in [0.717, 1.165) is 17.3 Å². The van der Waals surface area contributed by atoms with Crippen molar-refractivity contribution in [3.8, 4) is 0 Å². The minimum absolute atomic E-state index is 0.130. The Morgan fingerprint density at radius 3 is 2.88 bits per heavy atom. The maximum atomic E-state index is 12.5. The quantitative estimate of drug-likeness (QED) is 0.829. The van der Waals surface area contributed by atoms with Crippen molar-refractivity contribution < 1.29 is 9.59 Å². The smallest absolute Gasteiger partial charge is 0.261 e. The number of aromatic nitrogens is 2. The lowest BCUT2D eigenvalue weighted by Crippen LogP contribution is -2.50. The molecule has 1 unspecified atom stereocenters. The second-order valence-electron chi connectivity index (χ2n) is 6.16. The van der Waals surface area contributed by atoms with E-state index in [0.29, 0.717) is 23.9 Å². The van der Waals surface area contributed by atoms with Crippen molar-refractivity contribution >= 4 is 38.6 Å². The third-order valence-electron chi connectivity index (χ3n) is 4.50. The van der Waals surface area contributed by atoms with E-state index in [-0.39, 0.29) is 24.4 Å². The molecule has 1 aromatic carbocycles. The fourth-order valence-corrected chi connectivity index (χ4v) is 3.54. The molecule has 7 nitrogen and oxygen atoms in total. The van der Waals surface area contributed by atoms with Gasteiger partial charge in [0.1, 0.15) is 6.04 Å². The first-order chi connectivity index (χ1) is 12.0. The summed E-state index contributed by atoms with van der Waals surface area (Å²) in [5, 5.41) is 0.498. The zero-order chi connectivity index (χ0) is 18.0. The molecule has 2 aromatic rings. The molecule has 0 radical (unpaired) electrons. The van der Waals surface area contributed by atoms with Gasteiger partial charge in [0, 0.05) is 24.0 Å². The van der Waals surface area contributed by atoms with Crippen molar-refractivity contribution in [3.63, 3.8) is 0 Å². The van der Waals surface area contributed by atoms with Crippen LogP contribution in [0.2, 0.25) is 0 Å². The molecule has 25 heavy (non-hydrogen) atoms. The molecule has 0 spiro atoms. The number of fused-ring (bicyclic) bond motifs is 1. The van der Waals surface area contributed by atoms with E-state index in [9.17, 15) is 14.4 Å². The molecule has 0 bridgehead atoms. The molecule has 8 heteroatoms. The van der Waals surface area contributed by atoms with Gasteiger partial charge in [-0.15, -0.1) is 0 Å². The van der Waals surface area contributed by atoms with Crippen molar-refractivity contribution in [2.75, 3.05) is 6.54 Å². The monoisotopic (exact) mass is 406 g/mol. The number of hydrogen-bond donors (Lipinski definition) is 1. The first kappa shape index (κ1) is 17.6. The van der Waals surface area contributed by atoms with E-state index < -0.39 is 11.9 Å². The highest BCUT2D eigenvalue weighted by Gasteiger charge is 2.30. The van der Waals surface area contributed by atoms with Crippen LogP contribution in [0.25, 0.3) is 10.9 Å². The lowest BCUT2D eigenvalue weighted by atomic mass is 10.0. The third kappa shape index (κ3) is 3.73. The largest absolute Gasteiger partial charge is 0.368 e. The Morgan fingerprint density at radius 1 is 1.32 bits per heavy atom. The molecule has 1 saturated heterocycles. The number of carbonyl (C=O) groups is 2. The number of nitrogens with zero attached hydrogens (tertiary/aromatic N) is 3. The van der Waals surface area contributed by atoms with Gasteiger partial charge >= 0.3 is 0 Å². The summed E-state index contributed by atoms with van der Waals surface area (Å²) in [5.74, 6) is -0.632. The summed E-state index contributed by atoms with van der Waals surface area (Å²) in [4.78, 5) is 42.4. The SMILES string of the molecule is NC(=O)C1CCCCN1C(=O)CCn1cnc2ccc(Br)cc2c1=O. The van der Waals surface area contributed by atoms with Crippen molar-refractivity contribution in [2.45, 2.75) is 38.3 Å². The normalized spacial score (nSPS) is 17.6. The van der Waals surface area contributed by atoms with Crippen LogP contribution in [0.15, 0.2) is 33.8 Å². The van der Waals surface area contributed by atoms with E-state index in [1.165, 1.54) is 10.9 Å². The third-order valence-corrected chi connectivity index (χ3v) is 5.00. The number of aryl methyl sites for hydroxylation is 1. The van der Waals surface area contributed by atoms with Gasteiger partial charge < -0.3 is 10.6 Å². The molecule has 1 aliphatic heterocycles. The summed E-state index contributed by atoms with van der Waals surface area (Å²) >= 11 is 3.35. The Bertz CT molecular complexity index is 880. The van der Waals surface area contributed by atoms with E-state index >= 15 is 0 Å². The summed E-state index contributed by atoms with van der Waals surface area (Å²) in [6.07, 6.45) is 3.94. The van der Waals surface area contributed by atoms with Crippen molar-refractivity contribution in [1.29, 1.82) is 0 Å². The standard InChI is InChI=1S/C17H19BrN4O3/c18-11-4-5-13-12(9-11)17(25)21(10-20-13)8-6-15(23)22-7-2-1-3-14(22)16(19)24/h4-5,9-10,14H,1-3,6-8H2,(H2,19,24). The van der Waals surface area contributed by atoms with Crippen LogP contribution in [-0.4, -0.2) is 38.9 Å². The second-order valence-corrected chi connectivity index (χ2v) is 7.07. The predicted molar refractivity (Wildman–Crippen MR) is 96.9 cm³/mol. The molecule has 0 aliphatic carbocycles. The van der Waals surface area contributed by atoms with Crippen molar-refractivity contribution in [2.24, 2.45) is 5.73 Å². The van der Waals surface area contributed by atoms with E-state index in [1.54, 1.807) is 17.0 Å². The predicted octanol–water partition coefficient (Wildman–Crippen LogP) is 1.42. The minimum Gasteiger partial charge on any atom is -0.368 e. The Kier molecular flexibility index (Phi) is 5.17. The molecule has 0 saturated carbocycles. The van der Waals surface area contributed by atoms with Crippen LogP contribution in [0.4, 0.5) is 0 Å². The molecule has 2 heterocycles. The van der Waals surface area contributed by atoms with Crippen LogP contribution in [0.5, 0.6) is 0 Å². The molecule has 1 aliphatic rings. The number of halogens is 1. The number of primary amides is 1. The van der Waals surface area contributed by atoms with Gasteiger partial charge in [0.05, 0.1) is 17.2 Å². The highest BCUT2D eigenvalue weighted by Crippen LogP contribution is 2.18. The average Bonchev–Trinajstić information content (AvgIpc) is 2.61. The number of amides is 2. The zero-order valence-corrected chi connectivity index (χ0v) is 15.2. The number of nitrogens with two attached hydrogens (primary N) is 1. The van der Waals surface area contributed by atoms with Gasteiger partial charge in [-0.3, -0.25) is 19.0 Å². The maximum absolute atomic E-state index is 12.5. The van der Waals surface area contributed by atoms with Crippen LogP contribution in [0, 0.1) is 0 Å².